The molecule has 0 aliphatic rings. The third kappa shape index (κ3) is 4.79. The van der Waals surface area contributed by atoms with Gasteiger partial charge in [-0.25, -0.2) is 9.97 Å². The molecular weight excluding hydrogens is 230 g/mol. The number of carboxylic acids is 1. The molecule has 1 rings (SSSR count). The van der Waals surface area contributed by atoms with Gasteiger partial charge in [-0.2, -0.15) is 0 Å². The van der Waals surface area contributed by atoms with Crippen molar-refractivity contribution in [2.75, 3.05) is 0 Å². The fraction of sp³-hybridized carbons (Fsp3) is 0.615. The van der Waals surface area contributed by atoms with Crippen LogP contribution in [0.2, 0.25) is 0 Å². The Balaban J connectivity index is 2.52. The Morgan fingerprint density at radius 2 is 2.00 bits per heavy atom. The molecule has 0 aliphatic heterocycles. The van der Waals surface area contributed by atoms with Crippen LogP contribution in [0.15, 0.2) is 12.4 Å². The van der Waals surface area contributed by atoms with E-state index in [0.717, 1.165) is 17.8 Å². The highest BCUT2D eigenvalue weighted by atomic mass is 16.4. The van der Waals surface area contributed by atoms with Crippen molar-refractivity contribution in [3.05, 3.63) is 23.8 Å². The number of aromatic nitrogens is 2. The zero-order valence-corrected chi connectivity index (χ0v) is 11.2. The smallest absolute Gasteiger partial charge is 0.320 e. The normalized spacial score (nSPS) is 12.7. The Kier molecular flexibility index (Phi) is 5.71. The minimum absolute atomic E-state index is 0.345. The Morgan fingerprint density at radius 1 is 1.39 bits per heavy atom. The van der Waals surface area contributed by atoms with Crippen LogP contribution in [0.4, 0.5) is 0 Å². The molecule has 0 spiro atoms. The molecule has 2 N–H and O–H groups in total. The van der Waals surface area contributed by atoms with Crippen molar-refractivity contribution in [2.45, 2.75) is 46.2 Å². The number of carbonyl (C=O) groups is 1. The monoisotopic (exact) mass is 251 g/mol. The Bertz CT molecular complexity index is 376. The molecule has 1 aromatic heterocycles. The van der Waals surface area contributed by atoms with E-state index in [2.05, 4.69) is 15.3 Å². The van der Waals surface area contributed by atoms with E-state index in [0.29, 0.717) is 18.9 Å². The van der Waals surface area contributed by atoms with Crippen molar-refractivity contribution in [3.8, 4) is 0 Å². The standard InChI is InChI=1S/C13H21N3O2/c1-4-12-15-7-10(8-16-12)6-14-11(13(17)18)5-9(2)3/h7-9,11,14H,4-6H2,1-3H3,(H,17,18)/t11-/m1/s1. The zero-order chi connectivity index (χ0) is 13.5. The fourth-order valence-electron chi connectivity index (χ4n) is 1.64. The lowest BCUT2D eigenvalue weighted by molar-refractivity contribution is -0.140. The highest BCUT2D eigenvalue weighted by molar-refractivity contribution is 5.73. The van der Waals surface area contributed by atoms with E-state index in [4.69, 9.17) is 5.11 Å². The summed E-state index contributed by atoms with van der Waals surface area (Å²) in [5.41, 5.74) is 0.905. The first-order valence-electron chi connectivity index (χ1n) is 6.29. The number of carboxylic acid groups (broad SMARTS) is 1. The van der Waals surface area contributed by atoms with Crippen LogP contribution in [0.5, 0.6) is 0 Å². The number of aryl methyl sites for hydroxylation is 1. The summed E-state index contributed by atoms with van der Waals surface area (Å²) in [6.07, 6.45) is 4.91. The van der Waals surface area contributed by atoms with Crippen LogP contribution in [0.1, 0.15) is 38.6 Å². The summed E-state index contributed by atoms with van der Waals surface area (Å²) < 4.78 is 0. The Hall–Kier alpha value is -1.49. The fourth-order valence-corrected chi connectivity index (χ4v) is 1.64. The molecule has 0 unspecified atom stereocenters. The summed E-state index contributed by atoms with van der Waals surface area (Å²) in [5.74, 6) is 0.336. The van der Waals surface area contributed by atoms with E-state index in [1.807, 2.05) is 20.8 Å². The van der Waals surface area contributed by atoms with Gasteiger partial charge in [0.2, 0.25) is 0 Å². The van der Waals surface area contributed by atoms with Crippen LogP contribution in [0.25, 0.3) is 0 Å². The van der Waals surface area contributed by atoms with Crippen LogP contribution < -0.4 is 5.32 Å². The Labute approximate surface area is 108 Å². The van der Waals surface area contributed by atoms with E-state index in [-0.39, 0.29) is 0 Å². The number of rotatable bonds is 7. The molecule has 0 saturated heterocycles. The van der Waals surface area contributed by atoms with Crippen molar-refractivity contribution >= 4 is 5.97 Å². The molecule has 18 heavy (non-hydrogen) atoms. The molecule has 0 aliphatic carbocycles. The highest BCUT2D eigenvalue weighted by Crippen LogP contribution is 2.06. The lowest BCUT2D eigenvalue weighted by atomic mass is 10.0. The van der Waals surface area contributed by atoms with E-state index >= 15 is 0 Å². The van der Waals surface area contributed by atoms with E-state index in [9.17, 15) is 4.79 Å². The molecular formula is C13H21N3O2. The molecule has 0 fully saturated rings. The van der Waals surface area contributed by atoms with Gasteiger partial charge in [0.25, 0.3) is 0 Å². The lowest BCUT2D eigenvalue weighted by Crippen LogP contribution is -2.37. The van der Waals surface area contributed by atoms with Crippen molar-refractivity contribution < 1.29 is 9.90 Å². The maximum absolute atomic E-state index is 11.1. The van der Waals surface area contributed by atoms with Crippen molar-refractivity contribution in [1.82, 2.24) is 15.3 Å². The highest BCUT2D eigenvalue weighted by Gasteiger charge is 2.17. The van der Waals surface area contributed by atoms with E-state index in [1.165, 1.54) is 0 Å². The molecule has 5 heteroatoms. The number of aliphatic carboxylic acids is 1. The van der Waals surface area contributed by atoms with Gasteiger partial charge in [-0.1, -0.05) is 20.8 Å². The van der Waals surface area contributed by atoms with Gasteiger partial charge >= 0.3 is 5.97 Å². The summed E-state index contributed by atoms with van der Waals surface area (Å²) in [6.45, 7) is 6.50. The van der Waals surface area contributed by atoms with Gasteiger partial charge in [0.15, 0.2) is 0 Å². The first-order valence-corrected chi connectivity index (χ1v) is 6.29. The zero-order valence-electron chi connectivity index (χ0n) is 11.2. The first kappa shape index (κ1) is 14.6. The number of hydrogen-bond acceptors (Lipinski definition) is 4. The minimum atomic E-state index is -0.810. The van der Waals surface area contributed by atoms with E-state index < -0.39 is 12.0 Å². The summed E-state index contributed by atoms with van der Waals surface area (Å²) in [5, 5.41) is 12.1. The minimum Gasteiger partial charge on any atom is -0.480 e. The number of hydrogen-bond donors (Lipinski definition) is 2. The second-order valence-corrected chi connectivity index (χ2v) is 4.76. The molecule has 5 nitrogen and oxygen atoms in total. The predicted molar refractivity (Wildman–Crippen MR) is 69.1 cm³/mol. The number of nitrogens with one attached hydrogen (secondary N) is 1. The van der Waals surface area contributed by atoms with Gasteiger partial charge in [0.05, 0.1) is 0 Å². The topological polar surface area (TPSA) is 75.1 Å². The Morgan fingerprint density at radius 3 is 2.44 bits per heavy atom. The van der Waals surface area contributed by atoms with Gasteiger partial charge < -0.3 is 10.4 Å². The summed E-state index contributed by atoms with van der Waals surface area (Å²) in [4.78, 5) is 19.4. The molecule has 1 heterocycles. The quantitative estimate of drug-likeness (QED) is 0.770. The van der Waals surface area contributed by atoms with Gasteiger partial charge in [-0.05, 0) is 12.3 Å². The largest absolute Gasteiger partial charge is 0.480 e. The molecule has 1 aromatic rings. The van der Waals surface area contributed by atoms with Crippen molar-refractivity contribution in [1.29, 1.82) is 0 Å². The van der Waals surface area contributed by atoms with E-state index in [1.54, 1.807) is 12.4 Å². The molecule has 0 radical (unpaired) electrons. The molecule has 0 amide bonds. The molecule has 0 bridgehead atoms. The second kappa shape index (κ2) is 7.06. The summed E-state index contributed by atoms with van der Waals surface area (Å²) in [6, 6.07) is -0.518. The first-order chi connectivity index (χ1) is 8.52. The predicted octanol–water partition coefficient (Wildman–Crippen LogP) is 1.63. The third-order valence-electron chi connectivity index (χ3n) is 2.63. The van der Waals surface area contributed by atoms with Crippen LogP contribution in [-0.4, -0.2) is 27.1 Å². The van der Waals surface area contributed by atoms with Crippen LogP contribution >= 0.6 is 0 Å². The van der Waals surface area contributed by atoms with Crippen LogP contribution in [0.3, 0.4) is 0 Å². The number of nitrogens with zero attached hydrogens (tertiary/aromatic N) is 2. The summed E-state index contributed by atoms with van der Waals surface area (Å²) in [7, 11) is 0. The maximum Gasteiger partial charge on any atom is 0.320 e. The average Bonchev–Trinajstić information content (AvgIpc) is 2.34. The van der Waals surface area contributed by atoms with Crippen LogP contribution in [0, 0.1) is 5.92 Å². The summed E-state index contributed by atoms with van der Waals surface area (Å²) >= 11 is 0. The average molecular weight is 251 g/mol. The SMILES string of the molecule is CCc1ncc(CN[C@H](CC(C)C)C(=O)O)cn1. The van der Waals surface area contributed by atoms with Gasteiger partial charge in [-0.3, -0.25) is 4.79 Å². The second-order valence-electron chi connectivity index (χ2n) is 4.76. The molecule has 1 atom stereocenters. The molecule has 0 aromatic carbocycles. The van der Waals surface area contributed by atoms with Gasteiger partial charge in [-0.15, -0.1) is 0 Å². The van der Waals surface area contributed by atoms with Gasteiger partial charge in [0, 0.05) is 30.9 Å². The van der Waals surface area contributed by atoms with Crippen molar-refractivity contribution in [3.63, 3.8) is 0 Å². The third-order valence-corrected chi connectivity index (χ3v) is 2.63. The lowest BCUT2D eigenvalue weighted by Gasteiger charge is -2.16. The van der Waals surface area contributed by atoms with Crippen molar-refractivity contribution in [2.24, 2.45) is 5.92 Å². The maximum atomic E-state index is 11.1. The molecule has 100 valence electrons. The van der Waals surface area contributed by atoms with Gasteiger partial charge in [0.1, 0.15) is 11.9 Å². The molecule has 0 saturated carbocycles. The van der Waals surface area contributed by atoms with Crippen LogP contribution in [-0.2, 0) is 17.8 Å².